The summed E-state index contributed by atoms with van der Waals surface area (Å²) >= 11 is 0. The largest absolute Gasteiger partial charge is 0.472 e. The summed E-state index contributed by atoms with van der Waals surface area (Å²) in [4.78, 5) is 15.6. The quantitative estimate of drug-likeness (QED) is 0.547. The van der Waals surface area contributed by atoms with E-state index in [1.165, 1.54) is 0 Å². The number of carbonyl (C=O) groups excluding carboxylic acids is 1. The molecule has 5 heteroatoms. The number of aromatic amines is 1. The Morgan fingerprint density at radius 3 is 2.69 bits per heavy atom. The Hall–Kier alpha value is -3.47. The van der Waals surface area contributed by atoms with Gasteiger partial charge in [-0.25, -0.2) is 4.79 Å². The van der Waals surface area contributed by atoms with E-state index in [1.807, 2.05) is 66.9 Å². The summed E-state index contributed by atoms with van der Waals surface area (Å²) in [5, 5.41) is 3.99. The summed E-state index contributed by atoms with van der Waals surface area (Å²) in [6, 6.07) is 19.0. The first kappa shape index (κ1) is 16.0. The number of benzene rings is 2. The van der Waals surface area contributed by atoms with E-state index in [0.717, 1.165) is 27.6 Å². The van der Waals surface area contributed by atoms with Crippen molar-refractivity contribution in [3.63, 3.8) is 0 Å². The van der Waals surface area contributed by atoms with Crippen LogP contribution in [0.25, 0.3) is 10.9 Å². The van der Waals surface area contributed by atoms with Crippen LogP contribution >= 0.6 is 0 Å². The second kappa shape index (κ2) is 7.19. The number of furan rings is 1. The van der Waals surface area contributed by atoms with Crippen LogP contribution in [0, 0.1) is 0 Å². The highest BCUT2D eigenvalue weighted by Gasteiger charge is 2.21. The molecule has 4 aromatic rings. The van der Waals surface area contributed by atoms with Crippen LogP contribution in [0.1, 0.15) is 22.7 Å². The highest BCUT2D eigenvalue weighted by Crippen LogP contribution is 2.29. The van der Waals surface area contributed by atoms with Crippen molar-refractivity contribution in [2.24, 2.45) is 0 Å². The van der Waals surface area contributed by atoms with Gasteiger partial charge < -0.3 is 19.5 Å². The normalized spacial score (nSPS) is 12.0. The van der Waals surface area contributed by atoms with Crippen molar-refractivity contribution in [3.05, 3.63) is 96.1 Å². The van der Waals surface area contributed by atoms with Crippen LogP contribution in [0.15, 0.2) is 83.8 Å². The Morgan fingerprint density at radius 2 is 1.88 bits per heavy atom. The summed E-state index contributed by atoms with van der Waals surface area (Å²) in [5.41, 5.74) is 3.76. The van der Waals surface area contributed by atoms with Gasteiger partial charge in [0.25, 0.3) is 0 Å². The summed E-state index contributed by atoms with van der Waals surface area (Å²) in [5.74, 6) is 0. The topological polar surface area (TPSA) is 67.3 Å². The molecule has 0 radical (unpaired) electrons. The number of ether oxygens (including phenoxy) is 1. The van der Waals surface area contributed by atoms with Crippen LogP contribution in [0.3, 0.4) is 0 Å². The van der Waals surface area contributed by atoms with Crippen LogP contribution < -0.4 is 5.32 Å². The number of nitrogens with one attached hydrogen (secondary N) is 2. The van der Waals surface area contributed by atoms with Gasteiger partial charge in [-0.1, -0.05) is 48.5 Å². The number of carbonyl (C=O) groups is 1. The molecule has 2 aromatic heterocycles. The molecular weight excluding hydrogens is 328 g/mol. The van der Waals surface area contributed by atoms with E-state index in [1.54, 1.807) is 12.5 Å². The van der Waals surface area contributed by atoms with E-state index in [-0.39, 0.29) is 12.6 Å². The fraction of sp³-hybridized carbons (Fsp3) is 0.0952. The highest BCUT2D eigenvalue weighted by molar-refractivity contribution is 5.84. The van der Waals surface area contributed by atoms with Crippen molar-refractivity contribution in [1.82, 2.24) is 10.3 Å². The molecule has 0 spiro atoms. The van der Waals surface area contributed by atoms with Crippen molar-refractivity contribution in [2.45, 2.75) is 12.6 Å². The molecule has 130 valence electrons. The molecule has 0 aliphatic rings. The molecule has 0 aliphatic heterocycles. The molecule has 0 bridgehead atoms. The summed E-state index contributed by atoms with van der Waals surface area (Å²) in [6.07, 6.45) is 4.64. The van der Waals surface area contributed by atoms with Gasteiger partial charge in [0, 0.05) is 28.2 Å². The van der Waals surface area contributed by atoms with Crippen molar-refractivity contribution >= 4 is 17.0 Å². The summed E-state index contributed by atoms with van der Waals surface area (Å²) < 4.78 is 10.6. The first-order valence-electron chi connectivity index (χ1n) is 8.36. The lowest BCUT2D eigenvalue weighted by Gasteiger charge is -2.17. The van der Waals surface area contributed by atoms with E-state index < -0.39 is 6.09 Å². The van der Waals surface area contributed by atoms with Gasteiger partial charge in [0.1, 0.15) is 6.61 Å². The number of hydrogen-bond acceptors (Lipinski definition) is 3. The number of hydrogen-bond donors (Lipinski definition) is 2. The minimum Gasteiger partial charge on any atom is -0.472 e. The van der Waals surface area contributed by atoms with Gasteiger partial charge in [-0.05, 0) is 17.7 Å². The van der Waals surface area contributed by atoms with Crippen molar-refractivity contribution in [1.29, 1.82) is 0 Å². The van der Waals surface area contributed by atoms with Gasteiger partial charge in [-0.15, -0.1) is 0 Å². The Kier molecular flexibility index (Phi) is 4.43. The van der Waals surface area contributed by atoms with Gasteiger partial charge in [-0.2, -0.15) is 0 Å². The van der Waals surface area contributed by atoms with E-state index in [0.29, 0.717) is 0 Å². The van der Waals surface area contributed by atoms with Gasteiger partial charge in [0.05, 0.1) is 18.6 Å². The van der Waals surface area contributed by atoms with Gasteiger partial charge in [0.15, 0.2) is 0 Å². The molecule has 0 aliphatic carbocycles. The number of H-pyrrole nitrogens is 1. The Balaban J connectivity index is 1.56. The molecule has 1 amide bonds. The van der Waals surface area contributed by atoms with Gasteiger partial charge >= 0.3 is 6.09 Å². The zero-order valence-electron chi connectivity index (χ0n) is 14.0. The van der Waals surface area contributed by atoms with E-state index in [4.69, 9.17) is 9.15 Å². The molecule has 2 aromatic carbocycles. The number of aromatic nitrogens is 1. The van der Waals surface area contributed by atoms with Crippen LogP contribution in [-0.2, 0) is 11.3 Å². The molecule has 2 N–H and O–H groups in total. The molecule has 0 fully saturated rings. The molecule has 2 heterocycles. The fourth-order valence-electron chi connectivity index (χ4n) is 3.00. The lowest BCUT2D eigenvalue weighted by atomic mass is 10.0. The van der Waals surface area contributed by atoms with Crippen molar-refractivity contribution in [3.8, 4) is 0 Å². The smallest absolute Gasteiger partial charge is 0.408 e. The zero-order valence-corrected chi connectivity index (χ0v) is 14.0. The number of amides is 1. The van der Waals surface area contributed by atoms with E-state index in [9.17, 15) is 4.79 Å². The molecule has 26 heavy (non-hydrogen) atoms. The third-order valence-electron chi connectivity index (χ3n) is 4.28. The average molecular weight is 346 g/mol. The van der Waals surface area contributed by atoms with Crippen LogP contribution in [0.4, 0.5) is 4.79 Å². The van der Waals surface area contributed by atoms with Gasteiger partial charge in [-0.3, -0.25) is 0 Å². The maximum atomic E-state index is 12.4. The lowest BCUT2D eigenvalue weighted by molar-refractivity contribution is 0.137. The molecule has 4 rings (SSSR count). The average Bonchev–Trinajstić information content (AvgIpc) is 3.35. The second-order valence-corrected chi connectivity index (χ2v) is 5.99. The summed E-state index contributed by atoms with van der Waals surface area (Å²) in [7, 11) is 0. The number of alkyl carbamates (subject to hydrolysis) is 1. The standard InChI is InChI=1S/C21H18N2O3/c24-21(26-13-15-6-2-1-3-7-15)23-20(16-10-11-25-14-16)18-12-22-19-9-5-4-8-17(18)19/h1-12,14,20,22H,13H2,(H,23,24). The number of rotatable bonds is 5. The molecule has 0 saturated heterocycles. The van der Waals surface area contributed by atoms with Gasteiger partial charge in [0.2, 0.25) is 0 Å². The first-order chi connectivity index (χ1) is 12.8. The first-order valence-corrected chi connectivity index (χ1v) is 8.36. The lowest BCUT2D eigenvalue weighted by Crippen LogP contribution is -2.29. The summed E-state index contributed by atoms with van der Waals surface area (Å²) in [6.45, 7) is 0.221. The third kappa shape index (κ3) is 3.32. The maximum Gasteiger partial charge on any atom is 0.408 e. The predicted molar refractivity (Wildman–Crippen MR) is 98.6 cm³/mol. The Morgan fingerprint density at radius 1 is 1.08 bits per heavy atom. The molecule has 1 unspecified atom stereocenters. The minimum absolute atomic E-state index is 0.221. The molecule has 5 nitrogen and oxygen atoms in total. The van der Waals surface area contributed by atoms with Crippen molar-refractivity contribution in [2.75, 3.05) is 0 Å². The second-order valence-electron chi connectivity index (χ2n) is 5.99. The monoisotopic (exact) mass is 346 g/mol. The zero-order chi connectivity index (χ0) is 17.8. The number of para-hydroxylation sites is 1. The molecule has 0 saturated carbocycles. The molecule has 1 atom stereocenters. The van der Waals surface area contributed by atoms with E-state index >= 15 is 0 Å². The fourth-order valence-corrected chi connectivity index (χ4v) is 3.00. The minimum atomic E-state index is -0.481. The predicted octanol–water partition coefficient (Wildman–Crippen LogP) is 4.78. The molecular formula is C21H18N2O3. The van der Waals surface area contributed by atoms with E-state index in [2.05, 4.69) is 10.3 Å². The van der Waals surface area contributed by atoms with Crippen LogP contribution in [-0.4, -0.2) is 11.1 Å². The Labute approximate surface area is 150 Å². The SMILES string of the molecule is O=C(NC(c1ccoc1)c1c[nH]c2ccccc12)OCc1ccccc1. The number of fused-ring (bicyclic) bond motifs is 1. The third-order valence-corrected chi connectivity index (χ3v) is 4.28. The Bertz CT molecular complexity index is 990. The highest BCUT2D eigenvalue weighted by atomic mass is 16.5. The van der Waals surface area contributed by atoms with Crippen LogP contribution in [0.5, 0.6) is 0 Å². The van der Waals surface area contributed by atoms with Crippen LogP contribution in [0.2, 0.25) is 0 Å². The van der Waals surface area contributed by atoms with Crippen molar-refractivity contribution < 1.29 is 13.9 Å². The maximum absolute atomic E-state index is 12.4.